The predicted molar refractivity (Wildman–Crippen MR) is 86.8 cm³/mol. The fraction of sp³-hybridized carbons (Fsp3) is 0.143. The van der Waals surface area contributed by atoms with E-state index < -0.39 is 5.91 Å². The van der Waals surface area contributed by atoms with Crippen molar-refractivity contribution in [2.45, 2.75) is 6.92 Å². The van der Waals surface area contributed by atoms with Gasteiger partial charge in [0.05, 0.1) is 12.8 Å². The van der Waals surface area contributed by atoms with Crippen molar-refractivity contribution in [3.05, 3.63) is 50.8 Å². The van der Waals surface area contributed by atoms with E-state index in [1.807, 2.05) is 25.1 Å². The van der Waals surface area contributed by atoms with Gasteiger partial charge in [-0.15, -0.1) is 0 Å². The summed E-state index contributed by atoms with van der Waals surface area (Å²) in [5, 5.41) is 3.90. The molecule has 0 bridgehead atoms. The number of furan rings is 1. The van der Waals surface area contributed by atoms with Gasteiger partial charge < -0.3 is 9.15 Å². The molecule has 0 radical (unpaired) electrons. The number of rotatable bonds is 5. The molecule has 1 aromatic carbocycles. The summed E-state index contributed by atoms with van der Waals surface area (Å²) in [6, 6.07) is 8.73. The molecule has 0 aliphatic heterocycles. The smallest absolute Gasteiger partial charge is 0.307 e. The third-order valence-electron chi connectivity index (χ3n) is 2.45. The van der Waals surface area contributed by atoms with E-state index in [1.165, 1.54) is 6.21 Å². The van der Waals surface area contributed by atoms with Gasteiger partial charge >= 0.3 is 5.91 Å². The Morgan fingerprint density at radius 2 is 2.19 bits per heavy atom. The van der Waals surface area contributed by atoms with Crippen molar-refractivity contribution in [1.29, 1.82) is 0 Å². The highest BCUT2D eigenvalue weighted by atomic mass is 79.9. The highest BCUT2D eigenvalue weighted by molar-refractivity contribution is 9.10. The number of nitrogens with zero attached hydrogens (tertiary/aromatic N) is 1. The average Bonchev–Trinajstić information content (AvgIpc) is 2.89. The summed E-state index contributed by atoms with van der Waals surface area (Å²) < 4.78 is 11.9. The normalized spacial score (nSPS) is 10.8. The second-order valence-corrected chi connectivity index (χ2v) is 5.56. The summed E-state index contributed by atoms with van der Waals surface area (Å²) in [5.41, 5.74) is 3.19. The van der Waals surface area contributed by atoms with E-state index in [-0.39, 0.29) is 5.76 Å². The van der Waals surface area contributed by atoms with E-state index in [4.69, 9.17) is 9.15 Å². The first-order valence-electron chi connectivity index (χ1n) is 6.11. The van der Waals surface area contributed by atoms with Gasteiger partial charge in [-0.25, -0.2) is 5.43 Å². The lowest BCUT2D eigenvalue weighted by Gasteiger charge is -2.05. The number of amides is 1. The molecule has 0 fully saturated rings. The van der Waals surface area contributed by atoms with Gasteiger partial charge in [-0.05, 0) is 53.2 Å². The minimum atomic E-state index is -0.422. The van der Waals surface area contributed by atoms with Crippen molar-refractivity contribution >= 4 is 44.0 Å². The molecule has 110 valence electrons. The standard InChI is InChI=1S/C14H12Br2N2O3/c1-2-20-10-3-4-11(15)9(7-10)8-17-18-14(19)12-5-6-13(16)21-12/h3-8H,2H2,1H3,(H,18,19)/b17-8+. The molecule has 1 N–H and O–H groups in total. The van der Waals surface area contributed by atoms with Crippen LogP contribution in [-0.2, 0) is 0 Å². The molecular weight excluding hydrogens is 404 g/mol. The number of carbonyl (C=O) groups is 1. The number of hydrazone groups is 1. The number of ether oxygens (including phenoxy) is 1. The second kappa shape index (κ2) is 7.42. The largest absolute Gasteiger partial charge is 0.494 e. The number of carbonyl (C=O) groups excluding carboxylic acids is 1. The van der Waals surface area contributed by atoms with Crippen molar-refractivity contribution in [3.63, 3.8) is 0 Å². The van der Waals surface area contributed by atoms with E-state index in [0.717, 1.165) is 15.8 Å². The minimum Gasteiger partial charge on any atom is -0.494 e. The van der Waals surface area contributed by atoms with E-state index in [1.54, 1.807) is 12.1 Å². The molecule has 2 rings (SSSR count). The van der Waals surface area contributed by atoms with Crippen molar-refractivity contribution in [3.8, 4) is 5.75 Å². The molecule has 0 spiro atoms. The first-order chi connectivity index (χ1) is 10.1. The Kier molecular flexibility index (Phi) is 5.58. The van der Waals surface area contributed by atoms with Crippen molar-refractivity contribution < 1.29 is 13.9 Å². The van der Waals surface area contributed by atoms with Crippen molar-refractivity contribution in [2.75, 3.05) is 6.61 Å². The van der Waals surface area contributed by atoms with Crippen LogP contribution in [0.1, 0.15) is 23.0 Å². The van der Waals surface area contributed by atoms with Crippen LogP contribution in [0.2, 0.25) is 0 Å². The van der Waals surface area contributed by atoms with Gasteiger partial charge in [-0.1, -0.05) is 15.9 Å². The molecule has 1 heterocycles. The zero-order chi connectivity index (χ0) is 15.2. The zero-order valence-corrected chi connectivity index (χ0v) is 14.3. The molecule has 1 amide bonds. The van der Waals surface area contributed by atoms with Gasteiger partial charge in [0.2, 0.25) is 0 Å². The van der Waals surface area contributed by atoms with E-state index in [2.05, 4.69) is 42.4 Å². The zero-order valence-electron chi connectivity index (χ0n) is 11.1. The average molecular weight is 416 g/mol. The van der Waals surface area contributed by atoms with Crippen LogP contribution in [0.4, 0.5) is 0 Å². The molecule has 0 unspecified atom stereocenters. The van der Waals surface area contributed by atoms with Crippen LogP contribution in [0, 0.1) is 0 Å². The van der Waals surface area contributed by atoms with Gasteiger partial charge in [0.25, 0.3) is 0 Å². The van der Waals surface area contributed by atoms with Crippen LogP contribution < -0.4 is 10.2 Å². The lowest BCUT2D eigenvalue weighted by Crippen LogP contribution is -2.16. The molecule has 2 aromatic rings. The minimum absolute atomic E-state index is 0.182. The first kappa shape index (κ1) is 15.8. The topological polar surface area (TPSA) is 63.8 Å². The maximum absolute atomic E-state index is 11.7. The molecule has 7 heteroatoms. The van der Waals surface area contributed by atoms with Crippen LogP contribution in [0.3, 0.4) is 0 Å². The van der Waals surface area contributed by atoms with Gasteiger partial charge in [0, 0.05) is 10.0 Å². The summed E-state index contributed by atoms with van der Waals surface area (Å²) in [6.45, 7) is 2.50. The molecule has 0 atom stereocenters. The highest BCUT2D eigenvalue weighted by Gasteiger charge is 2.08. The van der Waals surface area contributed by atoms with E-state index in [0.29, 0.717) is 11.3 Å². The van der Waals surface area contributed by atoms with Gasteiger partial charge in [-0.2, -0.15) is 5.10 Å². The second-order valence-electron chi connectivity index (χ2n) is 3.92. The summed E-state index contributed by atoms with van der Waals surface area (Å²) in [5.74, 6) is 0.499. The van der Waals surface area contributed by atoms with Crippen molar-refractivity contribution in [1.82, 2.24) is 5.43 Å². The van der Waals surface area contributed by atoms with Crippen molar-refractivity contribution in [2.24, 2.45) is 5.10 Å². The van der Waals surface area contributed by atoms with Gasteiger partial charge in [0.15, 0.2) is 10.4 Å². The maximum Gasteiger partial charge on any atom is 0.307 e. The Balaban J connectivity index is 2.04. The lowest BCUT2D eigenvalue weighted by molar-refractivity contribution is 0.0926. The summed E-state index contributed by atoms with van der Waals surface area (Å²) in [7, 11) is 0. The maximum atomic E-state index is 11.7. The van der Waals surface area contributed by atoms with Crippen LogP contribution in [0.15, 0.2) is 49.0 Å². The molecule has 0 aliphatic rings. The van der Waals surface area contributed by atoms with Crippen LogP contribution >= 0.6 is 31.9 Å². The Hall–Kier alpha value is -1.60. The number of nitrogens with one attached hydrogen (secondary N) is 1. The van der Waals surface area contributed by atoms with Crippen LogP contribution in [0.25, 0.3) is 0 Å². The number of hydrogen-bond donors (Lipinski definition) is 1. The van der Waals surface area contributed by atoms with Crippen LogP contribution in [0.5, 0.6) is 5.75 Å². The molecule has 21 heavy (non-hydrogen) atoms. The summed E-state index contributed by atoms with van der Waals surface area (Å²) in [6.07, 6.45) is 1.53. The summed E-state index contributed by atoms with van der Waals surface area (Å²) >= 11 is 6.55. The van der Waals surface area contributed by atoms with E-state index in [9.17, 15) is 4.79 Å². The molecule has 1 aromatic heterocycles. The predicted octanol–water partition coefficient (Wildman–Crippen LogP) is 3.97. The fourth-order valence-corrected chi connectivity index (χ4v) is 2.18. The van der Waals surface area contributed by atoms with Gasteiger partial charge in [-0.3, -0.25) is 4.79 Å². The third-order valence-corrected chi connectivity index (χ3v) is 3.59. The third kappa shape index (κ3) is 4.44. The highest BCUT2D eigenvalue weighted by Crippen LogP contribution is 2.21. The molecule has 0 aliphatic carbocycles. The molecular formula is C14H12Br2N2O3. The Bertz CT molecular complexity index is 668. The quantitative estimate of drug-likeness (QED) is 0.593. The first-order valence-corrected chi connectivity index (χ1v) is 7.70. The molecule has 0 saturated carbocycles. The Labute approximate surface area is 138 Å². The number of hydrogen-bond acceptors (Lipinski definition) is 4. The SMILES string of the molecule is CCOc1ccc(Br)c(/C=N/NC(=O)c2ccc(Br)o2)c1. The number of halogens is 2. The Morgan fingerprint density at radius 3 is 2.86 bits per heavy atom. The monoisotopic (exact) mass is 414 g/mol. The van der Waals surface area contributed by atoms with Gasteiger partial charge in [0.1, 0.15) is 5.75 Å². The van der Waals surface area contributed by atoms with E-state index >= 15 is 0 Å². The fourth-order valence-electron chi connectivity index (χ4n) is 1.53. The Morgan fingerprint density at radius 1 is 1.38 bits per heavy atom. The molecule has 5 nitrogen and oxygen atoms in total. The molecule has 0 saturated heterocycles. The lowest BCUT2D eigenvalue weighted by atomic mass is 10.2. The number of benzene rings is 1. The van der Waals surface area contributed by atoms with Crippen LogP contribution in [-0.4, -0.2) is 18.7 Å². The summed E-state index contributed by atoms with van der Waals surface area (Å²) in [4.78, 5) is 11.7.